The molecule has 0 bridgehead atoms. The van der Waals surface area contributed by atoms with Crippen molar-refractivity contribution in [3.05, 3.63) is 58.6 Å². The summed E-state index contributed by atoms with van der Waals surface area (Å²) < 4.78 is 90.4. The molecule has 0 saturated carbocycles. The number of nitrogens with zero attached hydrogens (tertiary/aromatic N) is 3. The van der Waals surface area contributed by atoms with E-state index in [0.717, 1.165) is 11.0 Å². The molecule has 3 aromatic rings. The van der Waals surface area contributed by atoms with Crippen LogP contribution in [0.2, 0.25) is 5.02 Å². The molecule has 1 N–H and O–H groups in total. The second-order valence-corrected chi connectivity index (χ2v) is 12.6. The molecule has 10 nitrogen and oxygen atoms in total. The number of nitrogens with one attached hydrogen (secondary N) is 1. The number of hydrogen-bond acceptors (Lipinski definition) is 8. The van der Waals surface area contributed by atoms with Gasteiger partial charge in [-0.05, 0) is 50.6 Å². The zero-order chi connectivity index (χ0) is 30.3. The van der Waals surface area contributed by atoms with Gasteiger partial charge in [0, 0.05) is 5.02 Å². The van der Waals surface area contributed by atoms with E-state index in [0.29, 0.717) is 16.7 Å². The Labute approximate surface area is 236 Å². The molecule has 0 spiro atoms. The van der Waals surface area contributed by atoms with E-state index in [-0.39, 0.29) is 12.2 Å². The summed E-state index contributed by atoms with van der Waals surface area (Å²) in [5.41, 5.74) is -1.33. The second-order valence-electron chi connectivity index (χ2n) is 10.1. The lowest BCUT2D eigenvalue weighted by Gasteiger charge is -2.27. The lowest BCUT2D eigenvalue weighted by atomic mass is 10.1. The highest BCUT2D eigenvalue weighted by molar-refractivity contribution is 7.91. The zero-order valence-corrected chi connectivity index (χ0v) is 23.3. The van der Waals surface area contributed by atoms with Crippen molar-refractivity contribution in [1.29, 1.82) is 0 Å². The van der Waals surface area contributed by atoms with E-state index in [1.165, 1.54) is 12.1 Å². The Morgan fingerprint density at radius 1 is 1.20 bits per heavy atom. The third-order valence-electron chi connectivity index (χ3n) is 5.63. The number of alkyl carbamates (subject to hydrolysis) is 1. The van der Waals surface area contributed by atoms with Crippen molar-refractivity contribution >= 4 is 39.1 Å². The molecule has 2 amide bonds. The third-order valence-corrected chi connectivity index (χ3v) is 7.65. The number of rotatable bonds is 5. The van der Waals surface area contributed by atoms with Crippen LogP contribution in [0.25, 0.3) is 11.5 Å². The van der Waals surface area contributed by atoms with Gasteiger partial charge in [-0.1, -0.05) is 28.9 Å². The predicted molar refractivity (Wildman–Crippen MR) is 137 cm³/mol. The topological polar surface area (TPSA) is 132 Å². The number of amides is 2. The van der Waals surface area contributed by atoms with E-state index in [1.54, 1.807) is 32.9 Å². The van der Waals surface area contributed by atoms with Crippen LogP contribution >= 0.6 is 11.6 Å². The Kier molecular flexibility index (Phi) is 8.06. The number of aromatic nitrogens is 2. The Balaban J connectivity index is 1.83. The highest BCUT2D eigenvalue weighted by Gasteiger charge is 2.40. The van der Waals surface area contributed by atoms with Crippen LogP contribution in [-0.4, -0.2) is 54.1 Å². The molecule has 2 heterocycles. The van der Waals surface area contributed by atoms with Gasteiger partial charge in [0.2, 0.25) is 0 Å². The van der Waals surface area contributed by atoms with Crippen LogP contribution in [0.5, 0.6) is 0 Å². The first kappa shape index (κ1) is 30.2. The molecule has 0 fully saturated rings. The Morgan fingerprint density at radius 2 is 1.85 bits per heavy atom. The summed E-state index contributed by atoms with van der Waals surface area (Å²) >= 11 is 5.95. The normalized spacial score (nSPS) is 17.1. The minimum atomic E-state index is -4.67. The number of carbonyl (C=O) groups excluding carboxylic acids is 2. The number of anilines is 1. The number of ether oxygens (including phenoxy) is 1. The first-order valence-electron chi connectivity index (χ1n) is 11.9. The maximum atomic E-state index is 15.3. The summed E-state index contributed by atoms with van der Waals surface area (Å²) in [5.74, 6) is -4.44. The molecule has 1 aromatic heterocycles. The van der Waals surface area contributed by atoms with Crippen molar-refractivity contribution < 1.29 is 44.8 Å². The van der Waals surface area contributed by atoms with Gasteiger partial charge in [-0.25, -0.2) is 17.6 Å². The van der Waals surface area contributed by atoms with Crippen molar-refractivity contribution in [3.8, 4) is 11.5 Å². The minimum absolute atomic E-state index is 0.251. The average molecular weight is 619 g/mol. The van der Waals surface area contributed by atoms with Gasteiger partial charge < -0.3 is 19.5 Å². The first-order chi connectivity index (χ1) is 18.9. The summed E-state index contributed by atoms with van der Waals surface area (Å²) in [4.78, 5) is 30.2. The number of fused-ring (bicyclic) bond motifs is 1. The fourth-order valence-electron chi connectivity index (χ4n) is 3.96. The number of hydrogen-bond donors (Lipinski definition) is 1. The Morgan fingerprint density at radius 3 is 2.46 bits per heavy atom. The third kappa shape index (κ3) is 7.33. The summed E-state index contributed by atoms with van der Waals surface area (Å²) in [7, 11) is -4.43. The maximum absolute atomic E-state index is 15.3. The fraction of sp³-hybridized carbons (Fsp3) is 0.360. The molecule has 220 valence electrons. The van der Waals surface area contributed by atoms with E-state index in [1.807, 2.05) is 0 Å². The second kappa shape index (κ2) is 10.9. The number of carbonyl (C=O) groups is 2. The molecule has 0 unspecified atom stereocenters. The van der Waals surface area contributed by atoms with Gasteiger partial charge in [0.15, 0.2) is 15.7 Å². The van der Waals surface area contributed by atoms with Gasteiger partial charge in [0.25, 0.3) is 11.8 Å². The van der Waals surface area contributed by atoms with E-state index in [9.17, 15) is 31.2 Å². The summed E-state index contributed by atoms with van der Waals surface area (Å²) in [5, 5.41) is 5.88. The largest absolute Gasteiger partial charge is 0.444 e. The van der Waals surface area contributed by atoms with Gasteiger partial charge >= 0.3 is 12.3 Å². The standard InChI is InChI=1S/C25H23ClF4N4O6S/c1-24(2,3)39-23(36)31-17-12-41(37,38)19-9-16(27)15(21-32-20(33-40-21)10-25(28,29)30)8-18(19)34(22(17)35)11-13-4-6-14(26)7-5-13/h4-9,17H,10-12H2,1-3H3,(H,31,36)/t17-/m0/s1. The summed E-state index contributed by atoms with van der Waals surface area (Å²) in [6.45, 7) is 4.47. The van der Waals surface area contributed by atoms with Gasteiger partial charge in [0.05, 0.1) is 28.4 Å². The number of halogens is 5. The zero-order valence-electron chi connectivity index (χ0n) is 21.8. The maximum Gasteiger partial charge on any atom is 0.408 e. The van der Waals surface area contributed by atoms with E-state index >= 15 is 4.39 Å². The molecule has 16 heteroatoms. The number of benzene rings is 2. The Bertz CT molecular complexity index is 1590. The van der Waals surface area contributed by atoms with Crippen LogP contribution in [0, 0.1) is 5.82 Å². The van der Waals surface area contributed by atoms with Gasteiger partial charge in [0.1, 0.15) is 23.9 Å². The fourth-order valence-corrected chi connectivity index (χ4v) is 5.70. The molecular weight excluding hydrogens is 596 g/mol. The molecule has 1 atom stereocenters. The van der Waals surface area contributed by atoms with Crippen LogP contribution in [0.3, 0.4) is 0 Å². The summed E-state index contributed by atoms with van der Waals surface area (Å²) in [6, 6.07) is 6.10. The smallest absolute Gasteiger partial charge is 0.408 e. The molecule has 2 aromatic carbocycles. The van der Waals surface area contributed by atoms with Crippen LogP contribution in [-0.2, 0) is 32.3 Å². The minimum Gasteiger partial charge on any atom is -0.444 e. The van der Waals surface area contributed by atoms with E-state index in [4.69, 9.17) is 20.9 Å². The van der Waals surface area contributed by atoms with Crippen LogP contribution in [0.15, 0.2) is 45.8 Å². The molecule has 41 heavy (non-hydrogen) atoms. The van der Waals surface area contributed by atoms with Crippen LogP contribution in [0.1, 0.15) is 32.2 Å². The van der Waals surface area contributed by atoms with Crippen LogP contribution < -0.4 is 10.2 Å². The molecule has 0 saturated heterocycles. The van der Waals surface area contributed by atoms with Gasteiger partial charge in [-0.15, -0.1) is 0 Å². The monoisotopic (exact) mass is 618 g/mol. The number of sulfone groups is 1. The molecular formula is C25H23ClF4N4O6S. The lowest BCUT2D eigenvalue weighted by molar-refractivity contribution is -0.128. The van der Waals surface area contributed by atoms with Crippen molar-refractivity contribution in [1.82, 2.24) is 15.5 Å². The van der Waals surface area contributed by atoms with Crippen molar-refractivity contribution in [3.63, 3.8) is 0 Å². The van der Waals surface area contributed by atoms with E-state index in [2.05, 4.69) is 15.5 Å². The summed E-state index contributed by atoms with van der Waals surface area (Å²) in [6.07, 6.45) is -7.27. The molecule has 0 radical (unpaired) electrons. The molecule has 1 aliphatic rings. The molecule has 4 rings (SSSR count). The number of alkyl halides is 3. The highest BCUT2D eigenvalue weighted by atomic mass is 35.5. The Hall–Kier alpha value is -3.72. The van der Waals surface area contributed by atoms with Crippen molar-refractivity contribution in [2.45, 2.75) is 56.5 Å². The van der Waals surface area contributed by atoms with Gasteiger partial charge in [-0.2, -0.15) is 18.2 Å². The molecule has 0 aliphatic carbocycles. The SMILES string of the molecule is CC(C)(C)OC(=O)N[C@H]1CS(=O)(=O)c2cc(F)c(-c3nc(CC(F)(F)F)no3)cc2N(Cc2ccc(Cl)cc2)C1=O. The van der Waals surface area contributed by atoms with Gasteiger partial charge in [-0.3, -0.25) is 4.79 Å². The van der Waals surface area contributed by atoms with Crippen LogP contribution in [0.4, 0.5) is 28.0 Å². The first-order valence-corrected chi connectivity index (χ1v) is 14.0. The van der Waals surface area contributed by atoms with Crippen molar-refractivity contribution in [2.75, 3.05) is 10.7 Å². The predicted octanol–water partition coefficient (Wildman–Crippen LogP) is 4.85. The lowest BCUT2D eigenvalue weighted by Crippen LogP contribution is -2.51. The highest BCUT2D eigenvalue weighted by Crippen LogP contribution is 2.37. The molecule has 1 aliphatic heterocycles. The van der Waals surface area contributed by atoms with E-state index < -0.39 is 79.8 Å². The quantitative estimate of drug-likeness (QED) is 0.402. The van der Waals surface area contributed by atoms with Crippen molar-refractivity contribution in [2.24, 2.45) is 0 Å². The average Bonchev–Trinajstić information content (AvgIpc) is 3.25.